The molecule has 2 atom stereocenters. The quantitative estimate of drug-likeness (QED) is 0.481. The van der Waals surface area contributed by atoms with Crippen molar-refractivity contribution in [2.75, 3.05) is 7.11 Å². The van der Waals surface area contributed by atoms with Crippen LogP contribution in [0.2, 0.25) is 0 Å². The molecule has 17 heavy (non-hydrogen) atoms. The van der Waals surface area contributed by atoms with E-state index in [0.29, 0.717) is 0 Å². The lowest BCUT2D eigenvalue weighted by molar-refractivity contribution is -0.146. The molecule has 0 N–H and O–H groups in total. The first kappa shape index (κ1) is 12.6. The minimum absolute atomic E-state index is 0.186. The number of esters is 1. The lowest BCUT2D eigenvalue weighted by atomic mass is 10.1. The molecule has 0 saturated carbocycles. The van der Waals surface area contributed by atoms with E-state index in [-0.39, 0.29) is 12.1 Å². The third-order valence-electron chi connectivity index (χ3n) is 2.78. The molecule has 1 fully saturated rings. The Hall–Kier alpha value is -0.880. The molecule has 2 rings (SSSR count). The first-order valence-corrected chi connectivity index (χ1v) is 6.34. The molecule has 90 valence electrons. The second kappa shape index (κ2) is 4.78. The van der Waals surface area contributed by atoms with Crippen molar-refractivity contribution >= 4 is 34.6 Å². The van der Waals surface area contributed by atoms with Gasteiger partial charge in [-0.25, -0.2) is 4.79 Å². The fraction of sp³-hybridized carbons (Fsp3) is 0.308. The second-order valence-electron chi connectivity index (χ2n) is 4.05. The molecule has 1 aliphatic rings. The molecule has 1 aromatic rings. The van der Waals surface area contributed by atoms with E-state index in [0.717, 1.165) is 5.56 Å². The largest absolute Gasteiger partial charge is 0.467 e. The topological polar surface area (TPSA) is 38.8 Å². The average Bonchev–Trinajstić information content (AvgIpc) is 3.00. The van der Waals surface area contributed by atoms with Crippen molar-refractivity contribution in [3.8, 4) is 0 Å². The van der Waals surface area contributed by atoms with Crippen LogP contribution in [0.3, 0.4) is 0 Å². The fourth-order valence-corrected chi connectivity index (χ4v) is 1.95. The highest BCUT2D eigenvalue weighted by Crippen LogP contribution is 2.38. The summed E-state index contributed by atoms with van der Waals surface area (Å²) in [5.41, 5.74) is 0.294. The first-order valence-electron chi connectivity index (χ1n) is 5.26. The number of carbonyl (C=O) groups excluding carboxylic acids is 1. The smallest absolute Gasteiger partial charge is 0.340 e. The number of hydrogen-bond donors (Lipinski definition) is 0. The van der Waals surface area contributed by atoms with E-state index in [1.54, 1.807) is 6.92 Å². The minimum Gasteiger partial charge on any atom is -0.467 e. The monoisotopic (exact) mass is 344 g/mol. The van der Waals surface area contributed by atoms with Crippen LogP contribution in [0.4, 0.5) is 0 Å². The van der Waals surface area contributed by atoms with E-state index < -0.39 is 5.60 Å². The zero-order valence-electron chi connectivity index (χ0n) is 9.64. The van der Waals surface area contributed by atoms with Crippen LogP contribution in [0.1, 0.15) is 12.5 Å². The van der Waals surface area contributed by atoms with Gasteiger partial charge in [0.1, 0.15) is 6.10 Å². The van der Waals surface area contributed by atoms with E-state index >= 15 is 0 Å². The van der Waals surface area contributed by atoms with Gasteiger partial charge in [0, 0.05) is 3.57 Å². The van der Waals surface area contributed by atoms with E-state index in [4.69, 9.17) is 4.74 Å². The maximum Gasteiger partial charge on any atom is 0.340 e. The van der Waals surface area contributed by atoms with E-state index in [2.05, 4.69) is 27.3 Å². The Morgan fingerprint density at radius 3 is 2.71 bits per heavy atom. The molecule has 2 unspecified atom stereocenters. The molecule has 0 amide bonds. The summed E-state index contributed by atoms with van der Waals surface area (Å²) in [7, 11) is 1.37. The normalized spacial score (nSPS) is 27.1. The van der Waals surface area contributed by atoms with Gasteiger partial charge in [0.15, 0.2) is 5.60 Å². The Kier molecular flexibility index (Phi) is 3.53. The summed E-state index contributed by atoms with van der Waals surface area (Å²) in [6.45, 7) is 1.74. The Labute approximate surface area is 114 Å². The average molecular weight is 344 g/mol. The van der Waals surface area contributed by atoms with Crippen molar-refractivity contribution < 1.29 is 14.3 Å². The molecule has 0 bridgehead atoms. The molecule has 0 aliphatic carbocycles. The molecule has 0 aromatic heterocycles. The standard InChI is InChI=1S/C13H13IO3/c1-13(12(15)16-2)11(17-13)8-5-9-3-6-10(14)7-4-9/h3-8,11H,1-2H3. The van der Waals surface area contributed by atoms with E-state index in [9.17, 15) is 4.79 Å². The summed E-state index contributed by atoms with van der Waals surface area (Å²) >= 11 is 2.26. The summed E-state index contributed by atoms with van der Waals surface area (Å²) in [4.78, 5) is 11.4. The lowest BCUT2D eigenvalue weighted by Crippen LogP contribution is -2.24. The molecule has 1 aromatic carbocycles. The van der Waals surface area contributed by atoms with E-state index in [1.165, 1.54) is 10.7 Å². The van der Waals surface area contributed by atoms with Crippen LogP contribution in [0, 0.1) is 3.57 Å². The Morgan fingerprint density at radius 2 is 2.12 bits per heavy atom. The molecule has 4 heteroatoms. The number of halogens is 1. The van der Waals surface area contributed by atoms with Gasteiger partial charge in [-0.3, -0.25) is 0 Å². The van der Waals surface area contributed by atoms with Crippen molar-refractivity contribution in [2.24, 2.45) is 0 Å². The maximum atomic E-state index is 11.4. The van der Waals surface area contributed by atoms with Gasteiger partial charge in [-0.05, 0) is 47.2 Å². The Balaban J connectivity index is 2.00. The highest BCUT2D eigenvalue weighted by Gasteiger charge is 2.58. The molecule has 1 aliphatic heterocycles. The number of epoxide rings is 1. The Bertz CT molecular complexity index is 452. The summed E-state index contributed by atoms with van der Waals surface area (Å²) < 4.78 is 11.2. The van der Waals surface area contributed by atoms with Crippen molar-refractivity contribution in [3.63, 3.8) is 0 Å². The second-order valence-corrected chi connectivity index (χ2v) is 5.29. The van der Waals surface area contributed by atoms with Crippen LogP contribution in [0.15, 0.2) is 30.3 Å². The number of hydrogen-bond acceptors (Lipinski definition) is 3. The molecule has 1 saturated heterocycles. The zero-order valence-corrected chi connectivity index (χ0v) is 11.8. The summed E-state index contributed by atoms with van der Waals surface area (Å²) in [5, 5.41) is 0. The van der Waals surface area contributed by atoms with E-state index in [1.807, 2.05) is 36.4 Å². The van der Waals surface area contributed by atoms with Crippen molar-refractivity contribution in [2.45, 2.75) is 18.6 Å². The minimum atomic E-state index is -0.797. The van der Waals surface area contributed by atoms with Gasteiger partial charge in [0.25, 0.3) is 0 Å². The van der Waals surface area contributed by atoms with Gasteiger partial charge in [0.05, 0.1) is 7.11 Å². The zero-order chi connectivity index (χ0) is 12.5. The van der Waals surface area contributed by atoms with Crippen molar-refractivity contribution in [3.05, 3.63) is 39.5 Å². The summed E-state index contributed by atoms with van der Waals surface area (Å²) in [5.74, 6) is -0.324. The highest BCUT2D eigenvalue weighted by molar-refractivity contribution is 14.1. The molecule has 1 heterocycles. The summed E-state index contributed by atoms with van der Waals surface area (Å²) in [6, 6.07) is 8.12. The molecular formula is C13H13IO3. The third kappa shape index (κ3) is 2.69. The van der Waals surface area contributed by atoms with Crippen LogP contribution in [0.5, 0.6) is 0 Å². The van der Waals surface area contributed by atoms with Crippen molar-refractivity contribution in [1.82, 2.24) is 0 Å². The van der Waals surface area contributed by atoms with Gasteiger partial charge in [-0.15, -0.1) is 0 Å². The molecular weight excluding hydrogens is 331 g/mol. The predicted octanol–water partition coefficient (Wildman–Crippen LogP) is 2.63. The van der Waals surface area contributed by atoms with Gasteiger partial charge in [0.2, 0.25) is 0 Å². The van der Waals surface area contributed by atoms with Gasteiger partial charge in [-0.2, -0.15) is 0 Å². The third-order valence-corrected chi connectivity index (χ3v) is 3.50. The highest BCUT2D eigenvalue weighted by atomic mass is 127. The number of carbonyl (C=O) groups is 1. The molecule has 0 radical (unpaired) electrons. The number of methoxy groups -OCH3 is 1. The Morgan fingerprint density at radius 1 is 1.47 bits per heavy atom. The SMILES string of the molecule is COC(=O)C1(C)OC1C=Cc1ccc(I)cc1. The van der Waals surface area contributed by atoms with Crippen LogP contribution in [-0.4, -0.2) is 24.8 Å². The van der Waals surface area contributed by atoms with Crippen LogP contribution < -0.4 is 0 Å². The number of rotatable bonds is 3. The van der Waals surface area contributed by atoms with Gasteiger partial charge in [-0.1, -0.05) is 24.3 Å². The van der Waals surface area contributed by atoms with Gasteiger partial charge >= 0.3 is 5.97 Å². The maximum absolute atomic E-state index is 11.4. The fourth-order valence-electron chi connectivity index (χ4n) is 1.59. The molecule has 0 spiro atoms. The van der Waals surface area contributed by atoms with Crippen molar-refractivity contribution in [1.29, 1.82) is 0 Å². The number of ether oxygens (including phenoxy) is 2. The summed E-state index contributed by atoms with van der Waals surface area (Å²) in [6.07, 6.45) is 3.66. The number of benzene rings is 1. The lowest BCUT2D eigenvalue weighted by Gasteiger charge is -2.00. The van der Waals surface area contributed by atoms with Crippen LogP contribution in [-0.2, 0) is 14.3 Å². The van der Waals surface area contributed by atoms with Gasteiger partial charge < -0.3 is 9.47 Å². The first-order chi connectivity index (χ1) is 8.06. The van der Waals surface area contributed by atoms with Crippen LogP contribution >= 0.6 is 22.6 Å². The van der Waals surface area contributed by atoms with Crippen LogP contribution in [0.25, 0.3) is 6.08 Å². The predicted molar refractivity (Wildman–Crippen MR) is 73.5 cm³/mol. The molecule has 3 nitrogen and oxygen atoms in total.